The van der Waals surface area contributed by atoms with Crippen molar-refractivity contribution in [1.82, 2.24) is 5.32 Å². The number of alkyl halides is 3. The molecule has 6 heteroatoms. The molecule has 0 fully saturated rings. The van der Waals surface area contributed by atoms with Gasteiger partial charge in [-0.05, 0) is 31.9 Å². The number of hydrogen-bond donors (Lipinski definition) is 1. The molecule has 1 aromatic rings. The molecule has 0 spiro atoms. The Morgan fingerprint density at radius 1 is 1.33 bits per heavy atom. The lowest BCUT2D eigenvalue weighted by molar-refractivity contribution is -0.138. The van der Waals surface area contributed by atoms with E-state index in [1.165, 1.54) is 0 Å². The van der Waals surface area contributed by atoms with Crippen LogP contribution in [0, 0.1) is 12.8 Å². The fourth-order valence-corrected chi connectivity index (χ4v) is 1.86. The maximum Gasteiger partial charge on any atom is 0.389 e. The normalized spacial score (nSPS) is 12.3. The van der Waals surface area contributed by atoms with E-state index in [1.54, 1.807) is 0 Å². The summed E-state index contributed by atoms with van der Waals surface area (Å²) < 4.78 is 46.8. The summed E-state index contributed by atoms with van der Waals surface area (Å²) in [6.45, 7) is 8.03. The van der Waals surface area contributed by atoms with Gasteiger partial charge >= 0.3 is 6.18 Å². The number of rotatable bonds is 9. The van der Waals surface area contributed by atoms with Crippen LogP contribution in [0.25, 0.3) is 0 Å². The number of hydrogen-bond acceptors (Lipinski definition) is 3. The summed E-state index contributed by atoms with van der Waals surface area (Å²) in [5.41, 5.74) is 0.892. The van der Waals surface area contributed by atoms with Gasteiger partial charge in [0.15, 0.2) is 0 Å². The molecular weight excluding hydrogens is 283 g/mol. The predicted molar refractivity (Wildman–Crippen MR) is 74.9 cm³/mol. The van der Waals surface area contributed by atoms with Gasteiger partial charge in [-0.2, -0.15) is 13.2 Å². The summed E-state index contributed by atoms with van der Waals surface area (Å²) in [6.07, 6.45) is -4.92. The third-order valence-electron chi connectivity index (χ3n) is 2.93. The first kappa shape index (κ1) is 18.0. The van der Waals surface area contributed by atoms with Crippen LogP contribution >= 0.6 is 0 Å². The van der Waals surface area contributed by atoms with E-state index < -0.39 is 12.6 Å². The maximum atomic E-state index is 12.0. The molecule has 0 amide bonds. The highest BCUT2D eigenvalue weighted by Gasteiger charge is 2.25. The Morgan fingerprint density at radius 3 is 2.67 bits per heavy atom. The standard InChI is InChI=1S/C15H24F3NO2/c1-11(2)8-19-9-14-7-13(12(3)21-14)10-20-6-4-5-15(16,17)18/h7,11,19H,4-6,8-10H2,1-3H3. The molecule has 3 nitrogen and oxygen atoms in total. The zero-order valence-corrected chi connectivity index (χ0v) is 12.8. The number of aryl methyl sites for hydroxylation is 1. The minimum Gasteiger partial charge on any atom is -0.465 e. The van der Waals surface area contributed by atoms with Crippen molar-refractivity contribution >= 4 is 0 Å². The Balaban J connectivity index is 2.27. The van der Waals surface area contributed by atoms with Crippen molar-refractivity contribution < 1.29 is 22.3 Å². The second-order valence-electron chi connectivity index (χ2n) is 5.59. The van der Waals surface area contributed by atoms with Gasteiger partial charge in [0.25, 0.3) is 0 Å². The highest BCUT2D eigenvalue weighted by atomic mass is 19.4. The Hall–Kier alpha value is -1.01. The average Bonchev–Trinajstić information content (AvgIpc) is 2.68. The van der Waals surface area contributed by atoms with Gasteiger partial charge in [-0.25, -0.2) is 0 Å². The molecule has 1 N–H and O–H groups in total. The summed E-state index contributed by atoms with van der Waals surface area (Å²) in [5, 5.41) is 3.28. The summed E-state index contributed by atoms with van der Waals surface area (Å²) in [6, 6.07) is 1.90. The zero-order valence-electron chi connectivity index (χ0n) is 12.8. The fourth-order valence-electron chi connectivity index (χ4n) is 1.86. The van der Waals surface area contributed by atoms with Crippen molar-refractivity contribution in [3.8, 4) is 0 Å². The van der Waals surface area contributed by atoms with Gasteiger partial charge in [-0.15, -0.1) is 0 Å². The summed E-state index contributed by atoms with van der Waals surface area (Å²) in [5.74, 6) is 2.15. The molecule has 1 rings (SSSR count). The third-order valence-corrected chi connectivity index (χ3v) is 2.93. The average molecular weight is 307 g/mol. The highest BCUT2D eigenvalue weighted by Crippen LogP contribution is 2.21. The van der Waals surface area contributed by atoms with Crippen LogP contribution in [-0.2, 0) is 17.9 Å². The molecule has 0 aliphatic heterocycles. The molecule has 0 aliphatic carbocycles. The Bertz CT molecular complexity index is 414. The molecule has 1 heterocycles. The smallest absolute Gasteiger partial charge is 0.389 e. The lowest BCUT2D eigenvalue weighted by Gasteiger charge is -2.06. The molecule has 21 heavy (non-hydrogen) atoms. The van der Waals surface area contributed by atoms with Crippen LogP contribution < -0.4 is 5.32 Å². The van der Waals surface area contributed by atoms with Gasteiger partial charge in [-0.1, -0.05) is 13.8 Å². The van der Waals surface area contributed by atoms with E-state index in [1.807, 2.05) is 13.0 Å². The molecule has 0 bridgehead atoms. The second-order valence-corrected chi connectivity index (χ2v) is 5.59. The molecular formula is C15H24F3NO2. The van der Waals surface area contributed by atoms with Crippen molar-refractivity contribution in [3.63, 3.8) is 0 Å². The zero-order chi connectivity index (χ0) is 15.9. The van der Waals surface area contributed by atoms with E-state index in [-0.39, 0.29) is 19.6 Å². The Kier molecular flexibility index (Phi) is 7.25. The van der Waals surface area contributed by atoms with E-state index in [9.17, 15) is 13.2 Å². The Morgan fingerprint density at radius 2 is 2.05 bits per heavy atom. The first-order chi connectivity index (χ1) is 9.78. The molecule has 0 atom stereocenters. The minimum atomic E-state index is -4.11. The minimum absolute atomic E-state index is 0.0107. The monoisotopic (exact) mass is 307 g/mol. The maximum absolute atomic E-state index is 12.0. The number of furan rings is 1. The summed E-state index contributed by atoms with van der Waals surface area (Å²) in [4.78, 5) is 0. The number of nitrogens with one attached hydrogen (secondary N) is 1. The van der Waals surface area contributed by atoms with Gasteiger partial charge in [-0.3, -0.25) is 0 Å². The van der Waals surface area contributed by atoms with Crippen LogP contribution in [0.5, 0.6) is 0 Å². The topological polar surface area (TPSA) is 34.4 Å². The first-order valence-electron chi connectivity index (χ1n) is 7.21. The van der Waals surface area contributed by atoms with E-state index in [0.717, 1.165) is 23.6 Å². The van der Waals surface area contributed by atoms with Gasteiger partial charge in [0, 0.05) is 18.6 Å². The summed E-state index contributed by atoms with van der Waals surface area (Å²) >= 11 is 0. The van der Waals surface area contributed by atoms with Crippen LogP contribution in [0.2, 0.25) is 0 Å². The van der Waals surface area contributed by atoms with Crippen LogP contribution in [0.3, 0.4) is 0 Å². The molecule has 0 aromatic carbocycles. The molecule has 122 valence electrons. The van der Waals surface area contributed by atoms with Crippen LogP contribution in [0.15, 0.2) is 10.5 Å². The van der Waals surface area contributed by atoms with Crippen LogP contribution in [0.4, 0.5) is 13.2 Å². The largest absolute Gasteiger partial charge is 0.465 e. The lowest BCUT2D eigenvalue weighted by atomic mass is 10.2. The molecule has 0 aliphatic rings. The van der Waals surface area contributed by atoms with Crippen molar-refractivity contribution in [3.05, 3.63) is 23.2 Å². The molecule has 0 saturated carbocycles. The van der Waals surface area contributed by atoms with E-state index in [0.29, 0.717) is 12.5 Å². The quantitative estimate of drug-likeness (QED) is 0.695. The van der Waals surface area contributed by atoms with Crippen molar-refractivity contribution in [2.45, 2.75) is 52.9 Å². The van der Waals surface area contributed by atoms with Crippen molar-refractivity contribution in [2.75, 3.05) is 13.2 Å². The van der Waals surface area contributed by atoms with Gasteiger partial charge in [0.05, 0.1) is 13.2 Å². The van der Waals surface area contributed by atoms with Gasteiger partial charge < -0.3 is 14.5 Å². The van der Waals surface area contributed by atoms with Crippen LogP contribution in [-0.4, -0.2) is 19.3 Å². The van der Waals surface area contributed by atoms with Crippen LogP contribution in [0.1, 0.15) is 43.8 Å². The van der Waals surface area contributed by atoms with E-state index in [2.05, 4.69) is 19.2 Å². The van der Waals surface area contributed by atoms with Crippen molar-refractivity contribution in [2.24, 2.45) is 5.92 Å². The molecule has 0 radical (unpaired) electrons. The fraction of sp³-hybridized carbons (Fsp3) is 0.733. The predicted octanol–water partition coefficient (Wildman–Crippen LogP) is 4.19. The molecule has 0 saturated heterocycles. The third kappa shape index (κ3) is 8.12. The van der Waals surface area contributed by atoms with Gasteiger partial charge in [0.2, 0.25) is 0 Å². The number of halogens is 3. The SMILES string of the molecule is Cc1oc(CNCC(C)C)cc1COCCCC(F)(F)F. The second kappa shape index (κ2) is 8.44. The number of ether oxygens (including phenoxy) is 1. The van der Waals surface area contributed by atoms with Gasteiger partial charge in [0.1, 0.15) is 11.5 Å². The van der Waals surface area contributed by atoms with Crippen molar-refractivity contribution in [1.29, 1.82) is 0 Å². The first-order valence-corrected chi connectivity index (χ1v) is 7.21. The summed E-state index contributed by atoms with van der Waals surface area (Å²) in [7, 11) is 0. The molecule has 1 aromatic heterocycles. The highest BCUT2D eigenvalue weighted by molar-refractivity contribution is 5.19. The molecule has 0 unspecified atom stereocenters. The Labute approximate surface area is 123 Å². The van der Waals surface area contributed by atoms with E-state index >= 15 is 0 Å². The lowest BCUT2D eigenvalue weighted by Crippen LogP contribution is -2.18. The van der Waals surface area contributed by atoms with E-state index in [4.69, 9.17) is 9.15 Å².